The lowest BCUT2D eigenvalue weighted by atomic mass is 10.2. The molecule has 2 unspecified atom stereocenters. The first kappa shape index (κ1) is 47.4. The molecule has 336 valence electrons. The van der Waals surface area contributed by atoms with E-state index in [2.05, 4.69) is 22.8 Å². The number of amides is 2. The number of cyclic esters (lactones) is 2. The summed E-state index contributed by atoms with van der Waals surface area (Å²) in [7, 11) is -10.8. The quantitative estimate of drug-likeness (QED) is 0.0697. The molecule has 24 heteroatoms. The number of carbonyl (C=O) groups is 3. The number of nitrogens with zero attached hydrogens (tertiary/aromatic N) is 6. The van der Waals surface area contributed by atoms with Crippen LogP contribution in [-0.4, -0.2) is 155 Å². The Morgan fingerprint density at radius 1 is 0.677 bits per heavy atom. The van der Waals surface area contributed by atoms with Gasteiger partial charge in [0.2, 0.25) is 0 Å². The van der Waals surface area contributed by atoms with Gasteiger partial charge in [0.05, 0.1) is 38.4 Å². The number of carbonyl (C=O) groups excluding carboxylic acids is 3. The Balaban J connectivity index is 0.000000253. The van der Waals surface area contributed by atoms with Gasteiger partial charge < -0.3 is 25.7 Å². The van der Waals surface area contributed by atoms with E-state index in [9.17, 15) is 39.6 Å². The number of sulfonamides is 2. The van der Waals surface area contributed by atoms with Crippen LogP contribution in [-0.2, 0) is 60.0 Å². The molecule has 3 saturated heterocycles. The predicted molar refractivity (Wildman–Crippen MR) is 229 cm³/mol. The molecule has 0 aromatic heterocycles. The van der Waals surface area contributed by atoms with Crippen molar-refractivity contribution in [1.29, 1.82) is 0 Å². The SMILES string of the molecule is CS(=O)(=O)N=C(N)c1ccc(N2CC(CN3CCN(CC(=O)OCc4ccccc4)CC3)OC2=O)cc1.CS(=O)(=O)N=C(N)c1ccc(N2CC(COS(C)(=O)=O)OC2=O)cc1. The van der Waals surface area contributed by atoms with Gasteiger partial charge in [-0.25, -0.2) is 26.4 Å². The fraction of sp³-hybridized carbons (Fsp3) is 0.395. The number of anilines is 2. The zero-order valence-electron chi connectivity index (χ0n) is 34.1. The fourth-order valence-corrected chi connectivity index (χ4v) is 7.64. The van der Waals surface area contributed by atoms with Gasteiger partial charge in [0, 0.05) is 55.2 Å². The molecule has 0 spiro atoms. The van der Waals surface area contributed by atoms with Crippen LogP contribution in [0.4, 0.5) is 21.0 Å². The summed E-state index contributed by atoms with van der Waals surface area (Å²) in [6.07, 6.45) is 0.707. The average Bonchev–Trinajstić information content (AvgIpc) is 3.77. The zero-order valence-corrected chi connectivity index (χ0v) is 36.6. The van der Waals surface area contributed by atoms with E-state index in [4.69, 9.17) is 25.7 Å². The molecule has 0 saturated carbocycles. The van der Waals surface area contributed by atoms with Crippen LogP contribution < -0.4 is 21.3 Å². The van der Waals surface area contributed by atoms with E-state index in [1.165, 1.54) is 21.9 Å². The fourth-order valence-electron chi connectivity index (χ4n) is 6.32. The van der Waals surface area contributed by atoms with Crippen LogP contribution in [0.3, 0.4) is 0 Å². The first-order valence-electron chi connectivity index (χ1n) is 18.9. The molecule has 4 N–H and O–H groups in total. The maximum atomic E-state index is 12.5. The van der Waals surface area contributed by atoms with Gasteiger partial charge in [-0.1, -0.05) is 30.3 Å². The van der Waals surface area contributed by atoms with Gasteiger partial charge in [-0.2, -0.15) is 8.42 Å². The Bertz CT molecular complexity index is 2460. The lowest BCUT2D eigenvalue weighted by Crippen LogP contribution is -2.50. The molecule has 62 heavy (non-hydrogen) atoms. The maximum Gasteiger partial charge on any atom is 0.414 e. The van der Waals surface area contributed by atoms with Crippen molar-refractivity contribution in [1.82, 2.24) is 9.80 Å². The first-order valence-corrected chi connectivity index (χ1v) is 24.4. The van der Waals surface area contributed by atoms with Gasteiger partial charge in [-0.3, -0.25) is 28.6 Å². The number of esters is 1. The Morgan fingerprint density at radius 2 is 1.13 bits per heavy atom. The van der Waals surface area contributed by atoms with Crippen LogP contribution in [0, 0.1) is 0 Å². The molecular weight excluding hydrogens is 873 g/mol. The number of hydrogen-bond donors (Lipinski definition) is 2. The largest absolute Gasteiger partial charge is 0.460 e. The van der Waals surface area contributed by atoms with E-state index in [1.807, 2.05) is 30.3 Å². The van der Waals surface area contributed by atoms with Gasteiger partial charge >= 0.3 is 18.2 Å². The molecule has 3 aliphatic heterocycles. The molecule has 3 fully saturated rings. The molecule has 3 aromatic carbocycles. The van der Waals surface area contributed by atoms with Crippen molar-refractivity contribution in [2.45, 2.75) is 18.8 Å². The minimum absolute atomic E-state index is 0.112. The highest BCUT2D eigenvalue weighted by Gasteiger charge is 2.35. The minimum atomic E-state index is -3.63. The zero-order chi connectivity index (χ0) is 45.2. The monoisotopic (exact) mass is 920 g/mol. The number of benzene rings is 3. The van der Waals surface area contributed by atoms with Crippen molar-refractivity contribution in [3.05, 3.63) is 95.6 Å². The third-order valence-corrected chi connectivity index (χ3v) is 10.8. The van der Waals surface area contributed by atoms with Crippen LogP contribution in [0.5, 0.6) is 0 Å². The molecule has 0 radical (unpaired) electrons. The Labute approximate surface area is 360 Å². The second-order valence-corrected chi connectivity index (χ2v) is 19.4. The molecule has 3 heterocycles. The summed E-state index contributed by atoms with van der Waals surface area (Å²) in [6, 6.07) is 22.3. The van der Waals surface area contributed by atoms with Crippen molar-refractivity contribution in [3.8, 4) is 0 Å². The summed E-state index contributed by atoms with van der Waals surface area (Å²) in [5.74, 6) is -0.523. The summed E-state index contributed by atoms with van der Waals surface area (Å²) in [6.45, 7) is 4.33. The van der Waals surface area contributed by atoms with E-state index in [-0.39, 0.29) is 50.0 Å². The lowest BCUT2D eigenvalue weighted by Gasteiger charge is -2.34. The standard InChI is InChI=1S/C25H31N5O6S.C13H17N3O7S2/c1-37(33,34)27-24(26)20-7-9-21(10-8-20)30-16-22(36-25(30)32)15-28-11-13-29(14-12-28)17-23(31)35-18-19-5-3-2-4-6-19;1-24(18,19)15-12(14)9-3-5-10(6-4-9)16-7-11(23-13(16)17)8-22-25(2,20)21/h2-10,22H,11-18H2,1H3,(H2,26,27);3-6,11H,7-8H2,1-2H3,(H2,14,15). The molecule has 3 aliphatic rings. The minimum Gasteiger partial charge on any atom is -0.460 e. The highest BCUT2D eigenvalue weighted by Crippen LogP contribution is 2.24. The van der Waals surface area contributed by atoms with Crippen LogP contribution >= 0.6 is 0 Å². The number of hydrogen-bond acceptors (Lipinski definition) is 15. The van der Waals surface area contributed by atoms with Gasteiger partial charge in [0.25, 0.3) is 30.2 Å². The van der Waals surface area contributed by atoms with E-state index in [0.717, 1.165) is 50.5 Å². The van der Waals surface area contributed by atoms with Crippen molar-refractivity contribution in [3.63, 3.8) is 0 Å². The Kier molecular flexibility index (Phi) is 15.6. The summed E-state index contributed by atoms with van der Waals surface area (Å²) >= 11 is 0. The summed E-state index contributed by atoms with van der Waals surface area (Å²) < 4.78 is 94.2. The molecule has 0 aliphatic carbocycles. The van der Waals surface area contributed by atoms with Crippen LogP contribution in [0.1, 0.15) is 16.7 Å². The molecule has 6 rings (SSSR count). The number of amidine groups is 2. The Morgan fingerprint density at radius 3 is 1.60 bits per heavy atom. The molecular formula is C38H48N8O13S3. The normalized spacial score (nSPS) is 19.4. The van der Waals surface area contributed by atoms with Gasteiger partial charge in [0.1, 0.15) is 37.1 Å². The van der Waals surface area contributed by atoms with Gasteiger partial charge in [0.15, 0.2) is 0 Å². The summed E-state index contributed by atoms with van der Waals surface area (Å²) in [5.41, 5.74) is 14.2. The van der Waals surface area contributed by atoms with Crippen molar-refractivity contribution >= 4 is 71.4 Å². The van der Waals surface area contributed by atoms with E-state index in [0.29, 0.717) is 35.6 Å². The van der Waals surface area contributed by atoms with Gasteiger partial charge in [-0.05, 0) is 54.1 Å². The van der Waals surface area contributed by atoms with E-state index in [1.54, 1.807) is 36.4 Å². The predicted octanol–water partition coefficient (Wildman–Crippen LogP) is 0.691. The smallest absolute Gasteiger partial charge is 0.414 e. The van der Waals surface area contributed by atoms with Crippen LogP contribution in [0.25, 0.3) is 0 Å². The topological polar surface area (TPSA) is 280 Å². The average molecular weight is 921 g/mol. The van der Waals surface area contributed by atoms with E-state index >= 15 is 0 Å². The van der Waals surface area contributed by atoms with Crippen molar-refractivity contribution < 1.29 is 58.0 Å². The third kappa shape index (κ3) is 15.1. The number of nitrogens with two attached hydrogens (primary N) is 2. The molecule has 2 amide bonds. The molecule has 0 bridgehead atoms. The lowest BCUT2D eigenvalue weighted by molar-refractivity contribution is -0.146. The van der Waals surface area contributed by atoms with Crippen LogP contribution in [0.15, 0.2) is 87.7 Å². The third-order valence-electron chi connectivity index (χ3n) is 9.22. The molecule has 3 aromatic rings. The highest BCUT2D eigenvalue weighted by atomic mass is 32.2. The van der Waals surface area contributed by atoms with Gasteiger partial charge in [-0.15, -0.1) is 8.80 Å². The highest BCUT2D eigenvalue weighted by molar-refractivity contribution is 7.89. The van der Waals surface area contributed by atoms with Crippen molar-refractivity contribution in [2.24, 2.45) is 20.3 Å². The number of ether oxygens (including phenoxy) is 3. The maximum absolute atomic E-state index is 12.5. The first-order chi connectivity index (χ1) is 29.1. The second kappa shape index (κ2) is 20.5. The number of piperazine rings is 1. The summed E-state index contributed by atoms with van der Waals surface area (Å²) in [5, 5.41) is 0. The Hall–Kier alpha value is -5.66. The van der Waals surface area contributed by atoms with Crippen LogP contribution in [0.2, 0.25) is 0 Å². The summed E-state index contributed by atoms with van der Waals surface area (Å²) in [4.78, 5) is 43.7. The second-order valence-electron chi connectivity index (χ2n) is 14.5. The number of rotatable bonds is 15. The molecule has 21 nitrogen and oxygen atoms in total. The molecule has 2 atom stereocenters. The van der Waals surface area contributed by atoms with Crippen molar-refractivity contribution in [2.75, 3.05) is 87.5 Å². The van der Waals surface area contributed by atoms with E-state index < -0.39 is 48.5 Å².